The van der Waals surface area contributed by atoms with Crippen molar-refractivity contribution in [2.45, 2.75) is 26.3 Å². The monoisotopic (exact) mass is 308 g/mol. The Labute approximate surface area is 130 Å². The first-order chi connectivity index (χ1) is 10.1. The van der Waals surface area contributed by atoms with Crippen LogP contribution in [0, 0.1) is 0 Å². The third kappa shape index (κ3) is 3.24. The lowest BCUT2D eigenvalue weighted by Gasteiger charge is -2.12. The fourth-order valence-electron chi connectivity index (χ4n) is 2.30. The van der Waals surface area contributed by atoms with Crippen LogP contribution in [0.1, 0.15) is 24.6 Å². The summed E-state index contributed by atoms with van der Waals surface area (Å²) in [5, 5.41) is 8.41. The minimum absolute atomic E-state index is 0.526. The number of ether oxygens (including phenoxy) is 1. The van der Waals surface area contributed by atoms with E-state index in [0.717, 1.165) is 35.7 Å². The lowest BCUT2D eigenvalue weighted by molar-refractivity contribution is 0.410. The summed E-state index contributed by atoms with van der Waals surface area (Å²) in [6, 6.07) is 5.59. The van der Waals surface area contributed by atoms with Gasteiger partial charge in [0.15, 0.2) is 0 Å². The van der Waals surface area contributed by atoms with Gasteiger partial charge in [0.1, 0.15) is 11.6 Å². The van der Waals surface area contributed by atoms with Crippen LogP contribution in [-0.4, -0.2) is 16.9 Å². The molecule has 0 fully saturated rings. The van der Waals surface area contributed by atoms with Crippen LogP contribution in [0.4, 0.5) is 11.5 Å². The van der Waals surface area contributed by atoms with Gasteiger partial charge in [0.05, 0.1) is 18.5 Å². The number of anilines is 2. The molecule has 0 aliphatic heterocycles. The first-order valence-corrected chi connectivity index (χ1v) is 7.32. The maximum absolute atomic E-state index is 6.24. The van der Waals surface area contributed by atoms with Crippen molar-refractivity contribution < 1.29 is 4.74 Å². The highest BCUT2D eigenvalue weighted by Gasteiger charge is 2.14. The maximum atomic E-state index is 6.24. The number of nitrogens with one attached hydrogen (secondary N) is 1. The van der Waals surface area contributed by atoms with E-state index >= 15 is 0 Å². The first kappa shape index (κ1) is 15.5. The van der Waals surface area contributed by atoms with Crippen LogP contribution in [0.2, 0.25) is 5.02 Å². The second-order valence-corrected chi connectivity index (χ2v) is 5.26. The molecule has 6 heteroatoms. The zero-order valence-electron chi connectivity index (χ0n) is 12.6. The third-order valence-electron chi connectivity index (χ3n) is 3.38. The average molecular weight is 309 g/mol. The van der Waals surface area contributed by atoms with E-state index in [1.807, 2.05) is 25.2 Å². The van der Waals surface area contributed by atoms with Crippen molar-refractivity contribution in [2.75, 3.05) is 18.2 Å². The van der Waals surface area contributed by atoms with Crippen LogP contribution < -0.4 is 15.8 Å². The maximum Gasteiger partial charge on any atom is 0.148 e. The van der Waals surface area contributed by atoms with E-state index in [2.05, 4.69) is 17.3 Å². The molecule has 0 unspecified atom stereocenters. The van der Waals surface area contributed by atoms with Crippen molar-refractivity contribution >= 4 is 23.1 Å². The molecule has 0 amide bonds. The lowest BCUT2D eigenvalue weighted by atomic mass is 10.2. The van der Waals surface area contributed by atoms with Gasteiger partial charge in [-0.2, -0.15) is 5.10 Å². The van der Waals surface area contributed by atoms with E-state index in [9.17, 15) is 0 Å². The molecule has 3 N–H and O–H groups in total. The van der Waals surface area contributed by atoms with Gasteiger partial charge in [-0.3, -0.25) is 4.68 Å². The van der Waals surface area contributed by atoms with E-state index < -0.39 is 0 Å². The molecular weight excluding hydrogens is 288 g/mol. The minimum Gasteiger partial charge on any atom is -0.496 e. The molecule has 0 bridgehead atoms. The molecule has 0 aliphatic rings. The molecule has 5 nitrogen and oxygen atoms in total. The number of methoxy groups -OCH3 is 1. The molecule has 2 rings (SSSR count). The SMILES string of the molecule is CCCc1nn(C)c(NCc2c(Cl)cccc2OC)c1N. The van der Waals surface area contributed by atoms with Gasteiger partial charge in [-0.25, -0.2) is 0 Å². The fraction of sp³-hybridized carbons (Fsp3) is 0.400. The fourth-order valence-corrected chi connectivity index (χ4v) is 2.53. The number of nitrogens with two attached hydrogens (primary N) is 1. The summed E-state index contributed by atoms with van der Waals surface area (Å²) in [5.74, 6) is 1.56. The summed E-state index contributed by atoms with van der Waals surface area (Å²) >= 11 is 6.24. The van der Waals surface area contributed by atoms with E-state index in [1.54, 1.807) is 11.8 Å². The quantitative estimate of drug-likeness (QED) is 0.860. The van der Waals surface area contributed by atoms with E-state index in [-0.39, 0.29) is 0 Å². The van der Waals surface area contributed by atoms with Gasteiger partial charge in [0.25, 0.3) is 0 Å². The lowest BCUT2D eigenvalue weighted by Crippen LogP contribution is -2.07. The predicted molar refractivity (Wildman–Crippen MR) is 86.9 cm³/mol. The molecule has 0 saturated heterocycles. The van der Waals surface area contributed by atoms with Crippen LogP contribution in [-0.2, 0) is 20.0 Å². The smallest absolute Gasteiger partial charge is 0.148 e. The second kappa shape index (κ2) is 6.72. The highest BCUT2D eigenvalue weighted by Crippen LogP contribution is 2.29. The molecular formula is C15H21ClN4O. The normalized spacial score (nSPS) is 10.7. The second-order valence-electron chi connectivity index (χ2n) is 4.86. The summed E-state index contributed by atoms with van der Waals surface area (Å²) < 4.78 is 7.11. The van der Waals surface area contributed by atoms with Gasteiger partial charge in [0.2, 0.25) is 0 Å². The Morgan fingerprint density at radius 3 is 2.86 bits per heavy atom. The Hall–Kier alpha value is -1.88. The van der Waals surface area contributed by atoms with Crippen molar-refractivity contribution in [3.63, 3.8) is 0 Å². The average Bonchev–Trinajstić information content (AvgIpc) is 2.73. The molecule has 21 heavy (non-hydrogen) atoms. The Balaban J connectivity index is 2.21. The predicted octanol–water partition coefficient (Wildman–Crippen LogP) is 3.23. The van der Waals surface area contributed by atoms with Crippen molar-refractivity contribution in [1.82, 2.24) is 9.78 Å². The standard InChI is InChI=1S/C15H21ClN4O/c1-4-6-12-14(17)15(20(2)19-12)18-9-10-11(16)7-5-8-13(10)21-3/h5,7-8,18H,4,6,9,17H2,1-3H3. The molecule has 0 saturated carbocycles. The number of benzene rings is 1. The van der Waals surface area contributed by atoms with Crippen LogP contribution in [0.25, 0.3) is 0 Å². The van der Waals surface area contributed by atoms with Crippen molar-refractivity contribution in [3.8, 4) is 5.75 Å². The first-order valence-electron chi connectivity index (χ1n) is 6.95. The molecule has 1 aromatic heterocycles. The van der Waals surface area contributed by atoms with E-state index in [0.29, 0.717) is 17.3 Å². The molecule has 1 heterocycles. The Bertz CT molecular complexity index is 624. The molecule has 114 valence electrons. The zero-order valence-corrected chi connectivity index (χ0v) is 13.4. The van der Waals surface area contributed by atoms with Crippen LogP contribution >= 0.6 is 11.6 Å². The molecule has 1 aromatic carbocycles. The molecule has 0 radical (unpaired) electrons. The van der Waals surface area contributed by atoms with E-state index in [4.69, 9.17) is 22.1 Å². The number of hydrogen-bond donors (Lipinski definition) is 2. The number of rotatable bonds is 6. The summed E-state index contributed by atoms with van der Waals surface area (Å²) in [4.78, 5) is 0. The number of hydrogen-bond acceptors (Lipinski definition) is 4. The van der Waals surface area contributed by atoms with Gasteiger partial charge < -0.3 is 15.8 Å². The zero-order chi connectivity index (χ0) is 15.4. The van der Waals surface area contributed by atoms with Crippen LogP contribution in [0.15, 0.2) is 18.2 Å². The van der Waals surface area contributed by atoms with Crippen molar-refractivity contribution in [2.24, 2.45) is 7.05 Å². The van der Waals surface area contributed by atoms with Crippen molar-refractivity contribution in [1.29, 1.82) is 0 Å². The van der Waals surface area contributed by atoms with Gasteiger partial charge in [0, 0.05) is 24.2 Å². The Morgan fingerprint density at radius 1 is 1.43 bits per heavy atom. The van der Waals surface area contributed by atoms with E-state index in [1.165, 1.54) is 0 Å². The summed E-state index contributed by atoms with van der Waals surface area (Å²) in [5.41, 5.74) is 8.68. The number of nitrogen functional groups attached to an aromatic ring is 1. The molecule has 0 aliphatic carbocycles. The topological polar surface area (TPSA) is 65.1 Å². The highest BCUT2D eigenvalue weighted by atomic mass is 35.5. The molecule has 2 aromatic rings. The van der Waals surface area contributed by atoms with Crippen LogP contribution in [0.3, 0.4) is 0 Å². The number of aromatic nitrogens is 2. The van der Waals surface area contributed by atoms with Crippen LogP contribution in [0.5, 0.6) is 5.75 Å². The number of nitrogens with zero attached hydrogens (tertiary/aromatic N) is 2. The highest BCUT2D eigenvalue weighted by molar-refractivity contribution is 6.31. The third-order valence-corrected chi connectivity index (χ3v) is 3.73. The van der Waals surface area contributed by atoms with Crippen molar-refractivity contribution in [3.05, 3.63) is 34.5 Å². The molecule has 0 spiro atoms. The number of aryl methyl sites for hydroxylation is 2. The Morgan fingerprint density at radius 2 is 2.19 bits per heavy atom. The molecule has 0 atom stereocenters. The largest absolute Gasteiger partial charge is 0.496 e. The minimum atomic E-state index is 0.526. The Kier molecular flexibility index (Phi) is 4.96. The summed E-state index contributed by atoms with van der Waals surface area (Å²) in [6.45, 7) is 2.63. The summed E-state index contributed by atoms with van der Waals surface area (Å²) in [7, 11) is 3.51. The van der Waals surface area contributed by atoms with Gasteiger partial charge in [-0.05, 0) is 18.6 Å². The summed E-state index contributed by atoms with van der Waals surface area (Å²) in [6.07, 6.45) is 1.88. The van der Waals surface area contributed by atoms with Gasteiger partial charge in [-0.1, -0.05) is 31.0 Å². The number of halogens is 1. The van der Waals surface area contributed by atoms with Gasteiger partial charge >= 0.3 is 0 Å². The van der Waals surface area contributed by atoms with Gasteiger partial charge in [-0.15, -0.1) is 0 Å².